The van der Waals surface area contributed by atoms with Crippen molar-refractivity contribution in [3.63, 3.8) is 0 Å². The summed E-state index contributed by atoms with van der Waals surface area (Å²) in [5.74, 6) is -3.16. The van der Waals surface area contributed by atoms with Gasteiger partial charge in [-0.2, -0.15) is 13.2 Å². The molecule has 0 fully saturated rings. The first kappa shape index (κ1) is 13.5. The Morgan fingerprint density at radius 2 is 2.24 bits per heavy atom. The van der Waals surface area contributed by atoms with Gasteiger partial charge in [0.2, 0.25) is 0 Å². The zero-order chi connectivity index (χ0) is 14.3. The molecule has 98 valence electrons. The van der Waals surface area contributed by atoms with Crippen LogP contribution in [0.1, 0.15) is 7.79 Å². The van der Waals surface area contributed by atoms with Crippen LogP contribution in [-0.2, 0) is 14.3 Å². The molecule has 0 spiro atoms. The minimum Gasteiger partial charge on any atom is -0.468 e. The summed E-state index contributed by atoms with van der Waals surface area (Å²) < 4.78 is 47.2. The highest BCUT2D eigenvalue weighted by molar-refractivity contribution is 5.83. The van der Waals surface area contributed by atoms with Gasteiger partial charge in [-0.15, -0.1) is 6.55 Å². The summed E-state index contributed by atoms with van der Waals surface area (Å²) in [6.07, 6.45) is -4.11. The fourth-order valence-corrected chi connectivity index (χ4v) is 0.992. The quantitative estimate of drug-likeness (QED) is 0.539. The Morgan fingerprint density at radius 1 is 1.65 bits per heavy atom. The van der Waals surface area contributed by atoms with Crippen molar-refractivity contribution in [3.8, 4) is 0 Å². The fourth-order valence-electron chi connectivity index (χ4n) is 0.992. The van der Waals surface area contributed by atoms with Gasteiger partial charge in [0, 0.05) is 0 Å². The maximum atomic E-state index is 12.1. The summed E-state index contributed by atoms with van der Waals surface area (Å²) in [6, 6.07) is -2.74. The van der Waals surface area contributed by atoms with Crippen LogP contribution in [0.15, 0.2) is 12.6 Å². The van der Waals surface area contributed by atoms with Crippen LogP contribution in [0.25, 0.3) is 0 Å². The largest absolute Gasteiger partial charge is 0.471 e. The van der Waals surface area contributed by atoms with E-state index in [-0.39, 0.29) is 6.42 Å². The number of hydrogen-bond donors (Lipinski definition) is 2. The monoisotopic (exact) mass is 255 g/mol. The van der Waals surface area contributed by atoms with Gasteiger partial charge >= 0.3 is 18.1 Å². The topological polar surface area (TPSA) is 81.4 Å². The molecule has 0 aromatic carbocycles. The van der Waals surface area contributed by atoms with Crippen molar-refractivity contribution in [3.05, 3.63) is 12.6 Å². The van der Waals surface area contributed by atoms with E-state index in [0.29, 0.717) is 0 Å². The predicted molar refractivity (Wildman–Crippen MR) is 52.8 cm³/mol. The molecule has 0 aromatic rings. The highest BCUT2D eigenvalue weighted by Gasteiger charge is 2.41. The van der Waals surface area contributed by atoms with Gasteiger partial charge in [-0.25, -0.2) is 0 Å². The average Bonchev–Trinajstić information content (AvgIpc) is 2.30. The van der Waals surface area contributed by atoms with Gasteiger partial charge in [0.05, 0.1) is 14.5 Å². The number of halogens is 3. The molecule has 2 unspecified atom stereocenters. The van der Waals surface area contributed by atoms with Crippen molar-refractivity contribution < 1.29 is 28.9 Å². The molecule has 0 aliphatic heterocycles. The number of nitrogens with one attached hydrogen (secondary N) is 1. The first-order chi connectivity index (χ1) is 8.23. The predicted octanol–water partition coefficient (Wildman–Crippen LogP) is 0.110. The number of amides is 1. The van der Waals surface area contributed by atoms with Gasteiger partial charge in [-0.05, 0) is 6.42 Å². The summed E-state index contributed by atoms with van der Waals surface area (Å²) in [5, 5.41) is 1.58. The van der Waals surface area contributed by atoms with E-state index in [1.807, 2.05) is 0 Å². The lowest BCUT2D eigenvalue weighted by Crippen LogP contribution is -2.54. The summed E-state index contributed by atoms with van der Waals surface area (Å²) in [6.45, 7) is 0.816. The Bertz CT molecular complexity index is 334. The van der Waals surface area contributed by atoms with Crippen molar-refractivity contribution in [1.82, 2.24) is 5.32 Å². The van der Waals surface area contributed by atoms with Crippen LogP contribution >= 0.6 is 0 Å². The number of alkyl halides is 3. The van der Waals surface area contributed by atoms with Crippen molar-refractivity contribution in [1.29, 1.82) is 0 Å². The number of carbonyl (C=O) groups excluding carboxylic acids is 2. The minimum atomic E-state index is -5.07. The van der Waals surface area contributed by atoms with Crippen LogP contribution < -0.4 is 11.1 Å². The van der Waals surface area contributed by atoms with E-state index in [1.54, 1.807) is 5.32 Å². The number of ether oxygens (including phenoxy) is 1. The molecule has 5 nitrogen and oxygen atoms in total. The van der Waals surface area contributed by atoms with Crippen molar-refractivity contribution >= 4 is 11.9 Å². The Morgan fingerprint density at radius 3 is 2.65 bits per heavy atom. The van der Waals surface area contributed by atoms with E-state index >= 15 is 0 Å². The summed E-state index contributed by atoms with van der Waals surface area (Å²) in [7, 11) is 1.02. The third-order valence-corrected chi connectivity index (χ3v) is 1.87. The lowest BCUT2D eigenvalue weighted by molar-refractivity contribution is -0.174. The molecule has 8 heteroatoms. The number of methoxy groups -OCH3 is 1. The molecule has 1 amide bonds. The van der Waals surface area contributed by atoms with Gasteiger partial charge in [0.1, 0.15) is 6.04 Å². The van der Waals surface area contributed by atoms with Gasteiger partial charge in [-0.3, -0.25) is 9.59 Å². The van der Waals surface area contributed by atoms with Crippen molar-refractivity contribution in [2.45, 2.75) is 24.7 Å². The van der Waals surface area contributed by atoms with Crippen LogP contribution in [0, 0.1) is 0 Å². The molecule has 2 atom stereocenters. The standard InChI is InChI=1S/C9H13F3N2O3/c1-3-4-5(6(13)7(15)17-2)14-8(16)9(10,11)12/h3,5-6H,1,4,13H2,2H3,(H,14,16)/i1D. The average molecular weight is 255 g/mol. The van der Waals surface area contributed by atoms with Crippen LogP contribution in [0.4, 0.5) is 13.2 Å². The smallest absolute Gasteiger partial charge is 0.468 e. The number of carbonyl (C=O) groups is 2. The molecule has 0 rings (SSSR count). The summed E-state index contributed by atoms with van der Waals surface area (Å²) >= 11 is 0. The van der Waals surface area contributed by atoms with Crippen LogP contribution in [0.3, 0.4) is 0 Å². The van der Waals surface area contributed by atoms with E-state index in [1.165, 1.54) is 0 Å². The van der Waals surface area contributed by atoms with E-state index in [2.05, 4.69) is 4.74 Å². The molecule has 0 saturated carbocycles. The second-order valence-electron chi connectivity index (χ2n) is 3.10. The number of rotatable bonds is 5. The van der Waals surface area contributed by atoms with E-state index in [4.69, 9.17) is 7.10 Å². The van der Waals surface area contributed by atoms with Crippen LogP contribution in [0.5, 0.6) is 0 Å². The molecule has 0 aromatic heterocycles. The second-order valence-corrected chi connectivity index (χ2v) is 3.10. The van der Waals surface area contributed by atoms with E-state index in [9.17, 15) is 22.8 Å². The minimum absolute atomic E-state index is 0.193. The molecule has 0 radical (unpaired) electrons. The molecule has 0 heterocycles. The Labute approximate surface area is 97.2 Å². The van der Waals surface area contributed by atoms with Gasteiger partial charge in [0.15, 0.2) is 0 Å². The van der Waals surface area contributed by atoms with E-state index < -0.39 is 30.1 Å². The first-order valence-corrected chi connectivity index (χ1v) is 4.48. The Kier molecular flexibility index (Phi) is 4.95. The summed E-state index contributed by atoms with van der Waals surface area (Å²) in [5.41, 5.74) is 5.35. The normalized spacial score (nSPS) is 16.2. The second kappa shape index (κ2) is 6.24. The molecule has 3 N–H and O–H groups in total. The molecule has 0 aliphatic carbocycles. The fraction of sp³-hybridized carbons (Fsp3) is 0.556. The lowest BCUT2D eigenvalue weighted by atomic mass is 10.1. The lowest BCUT2D eigenvalue weighted by Gasteiger charge is -2.22. The zero-order valence-corrected chi connectivity index (χ0v) is 8.95. The van der Waals surface area contributed by atoms with Crippen molar-refractivity contribution in [2.75, 3.05) is 7.11 Å². The SMILES string of the molecule is [2H]C=CCC(NC(=O)C(F)(F)F)C(N)C(=O)OC. The third kappa shape index (κ3) is 4.85. The maximum absolute atomic E-state index is 12.1. The van der Waals surface area contributed by atoms with Crippen molar-refractivity contribution in [2.24, 2.45) is 5.73 Å². The number of nitrogens with two attached hydrogens (primary N) is 1. The van der Waals surface area contributed by atoms with Gasteiger partial charge in [0.25, 0.3) is 0 Å². The highest BCUT2D eigenvalue weighted by atomic mass is 19.4. The summed E-state index contributed by atoms with van der Waals surface area (Å²) in [4.78, 5) is 21.8. The molecule has 0 saturated heterocycles. The zero-order valence-electron chi connectivity index (χ0n) is 9.95. The molecule has 17 heavy (non-hydrogen) atoms. The number of esters is 1. The molecule has 0 bridgehead atoms. The van der Waals surface area contributed by atoms with Crippen LogP contribution in [0.2, 0.25) is 0 Å². The molecular weight excluding hydrogens is 241 g/mol. The van der Waals surface area contributed by atoms with Crippen LogP contribution in [-0.4, -0.2) is 37.2 Å². The van der Waals surface area contributed by atoms with Gasteiger partial charge < -0.3 is 15.8 Å². The molecular formula is C9H13F3N2O3. The third-order valence-electron chi connectivity index (χ3n) is 1.87. The van der Waals surface area contributed by atoms with E-state index in [0.717, 1.165) is 19.7 Å². The Balaban J connectivity index is 4.79. The van der Waals surface area contributed by atoms with Gasteiger partial charge in [-0.1, -0.05) is 6.08 Å². The maximum Gasteiger partial charge on any atom is 0.471 e. The number of hydrogen-bond acceptors (Lipinski definition) is 4. The first-order valence-electron chi connectivity index (χ1n) is 5.06. The highest BCUT2D eigenvalue weighted by Crippen LogP contribution is 2.15. The molecule has 0 aliphatic rings. The Hall–Kier alpha value is -1.57.